The number of hydrogen-bond donors (Lipinski definition) is 1. The maximum atomic E-state index is 5.91. The lowest BCUT2D eigenvalue weighted by Gasteiger charge is -2.12. The predicted molar refractivity (Wildman–Crippen MR) is 87.8 cm³/mol. The van der Waals surface area contributed by atoms with Crippen molar-refractivity contribution < 1.29 is 4.74 Å². The predicted octanol–water partition coefficient (Wildman–Crippen LogP) is 4.28. The zero-order valence-electron chi connectivity index (χ0n) is 11.2. The number of nitrogens with two attached hydrogens (primary N) is 1. The van der Waals surface area contributed by atoms with Gasteiger partial charge >= 0.3 is 0 Å². The molecule has 2 N–H and O–H groups in total. The summed E-state index contributed by atoms with van der Waals surface area (Å²) in [6.45, 7) is 4.12. The third kappa shape index (κ3) is 3.94. The van der Waals surface area contributed by atoms with Crippen molar-refractivity contribution in [3.05, 3.63) is 57.2 Å². The standard InChI is InChI=1S/C16H18INO/c1-11-9-14(8-7-13(11)10-12(2)18)19-16-6-4-3-5-15(16)17/h3-9,12H,10,18H2,1-2H3. The van der Waals surface area contributed by atoms with Crippen LogP contribution >= 0.6 is 22.6 Å². The molecule has 2 aromatic rings. The van der Waals surface area contributed by atoms with Crippen LogP contribution in [0.5, 0.6) is 11.5 Å². The molecule has 0 saturated carbocycles. The van der Waals surface area contributed by atoms with Crippen LogP contribution in [0.4, 0.5) is 0 Å². The highest BCUT2D eigenvalue weighted by Gasteiger charge is 2.05. The van der Waals surface area contributed by atoms with E-state index in [0.717, 1.165) is 21.5 Å². The van der Waals surface area contributed by atoms with Crippen LogP contribution in [0, 0.1) is 10.5 Å². The highest BCUT2D eigenvalue weighted by molar-refractivity contribution is 14.1. The molecule has 0 aliphatic rings. The molecule has 0 spiro atoms. The van der Waals surface area contributed by atoms with Crippen LogP contribution in [0.1, 0.15) is 18.1 Å². The molecule has 0 aliphatic carbocycles. The molecule has 1 atom stereocenters. The highest BCUT2D eigenvalue weighted by Crippen LogP contribution is 2.27. The summed E-state index contributed by atoms with van der Waals surface area (Å²) in [5.74, 6) is 1.76. The topological polar surface area (TPSA) is 35.2 Å². The van der Waals surface area contributed by atoms with E-state index in [1.165, 1.54) is 11.1 Å². The van der Waals surface area contributed by atoms with Gasteiger partial charge in [0.2, 0.25) is 0 Å². The van der Waals surface area contributed by atoms with Gasteiger partial charge < -0.3 is 10.5 Å². The highest BCUT2D eigenvalue weighted by atomic mass is 127. The van der Waals surface area contributed by atoms with Crippen molar-refractivity contribution >= 4 is 22.6 Å². The van der Waals surface area contributed by atoms with Crippen LogP contribution in [-0.2, 0) is 6.42 Å². The minimum absolute atomic E-state index is 0.181. The summed E-state index contributed by atoms with van der Waals surface area (Å²) >= 11 is 2.28. The largest absolute Gasteiger partial charge is 0.456 e. The van der Waals surface area contributed by atoms with Crippen LogP contribution in [0.15, 0.2) is 42.5 Å². The van der Waals surface area contributed by atoms with E-state index in [1.54, 1.807) is 0 Å². The van der Waals surface area contributed by atoms with Crippen molar-refractivity contribution in [3.63, 3.8) is 0 Å². The van der Waals surface area contributed by atoms with Gasteiger partial charge in [-0.25, -0.2) is 0 Å². The Kier molecular flexibility index (Phi) is 4.82. The first-order chi connectivity index (χ1) is 9.06. The Balaban J connectivity index is 2.19. The second-order valence-electron chi connectivity index (χ2n) is 4.80. The average Bonchev–Trinajstić information content (AvgIpc) is 2.35. The smallest absolute Gasteiger partial charge is 0.140 e. The summed E-state index contributed by atoms with van der Waals surface area (Å²) in [5, 5.41) is 0. The molecule has 0 amide bonds. The Morgan fingerprint density at radius 1 is 1.21 bits per heavy atom. The van der Waals surface area contributed by atoms with Crippen LogP contribution in [0.25, 0.3) is 0 Å². The minimum Gasteiger partial charge on any atom is -0.456 e. The van der Waals surface area contributed by atoms with Gasteiger partial charge in [0.05, 0.1) is 3.57 Å². The van der Waals surface area contributed by atoms with E-state index in [0.29, 0.717) is 0 Å². The van der Waals surface area contributed by atoms with Crippen molar-refractivity contribution in [3.8, 4) is 11.5 Å². The monoisotopic (exact) mass is 367 g/mol. The number of hydrogen-bond acceptors (Lipinski definition) is 2. The summed E-state index contributed by atoms with van der Waals surface area (Å²) in [6.07, 6.45) is 0.898. The maximum Gasteiger partial charge on any atom is 0.140 e. The molecule has 19 heavy (non-hydrogen) atoms. The van der Waals surface area contributed by atoms with Crippen molar-refractivity contribution in [2.24, 2.45) is 5.73 Å². The summed E-state index contributed by atoms with van der Waals surface area (Å²) in [5.41, 5.74) is 8.35. The van der Waals surface area contributed by atoms with Crippen LogP contribution in [0.3, 0.4) is 0 Å². The molecule has 2 nitrogen and oxygen atoms in total. The van der Waals surface area contributed by atoms with Gasteiger partial charge in [-0.15, -0.1) is 0 Å². The Hall–Kier alpha value is -1.07. The van der Waals surface area contributed by atoms with Crippen LogP contribution in [-0.4, -0.2) is 6.04 Å². The second-order valence-corrected chi connectivity index (χ2v) is 5.96. The SMILES string of the molecule is Cc1cc(Oc2ccccc2I)ccc1CC(C)N. The Morgan fingerprint density at radius 2 is 1.95 bits per heavy atom. The van der Waals surface area contributed by atoms with Crippen LogP contribution < -0.4 is 10.5 Å². The van der Waals surface area contributed by atoms with Crippen molar-refractivity contribution in [1.82, 2.24) is 0 Å². The van der Waals surface area contributed by atoms with E-state index >= 15 is 0 Å². The molecule has 0 radical (unpaired) electrons. The van der Waals surface area contributed by atoms with E-state index in [2.05, 4.69) is 41.6 Å². The maximum absolute atomic E-state index is 5.91. The lowest BCUT2D eigenvalue weighted by Crippen LogP contribution is -2.18. The van der Waals surface area contributed by atoms with Gasteiger partial charge in [0.1, 0.15) is 11.5 Å². The second kappa shape index (κ2) is 6.39. The number of rotatable bonds is 4. The van der Waals surface area contributed by atoms with Gasteiger partial charge in [-0.05, 0) is 78.3 Å². The van der Waals surface area contributed by atoms with Gasteiger partial charge in [-0.2, -0.15) is 0 Å². The zero-order chi connectivity index (χ0) is 13.8. The van der Waals surface area contributed by atoms with E-state index in [-0.39, 0.29) is 6.04 Å². The number of benzene rings is 2. The van der Waals surface area contributed by atoms with Crippen molar-refractivity contribution in [2.45, 2.75) is 26.3 Å². The summed E-state index contributed by atoms with van der Waals surface area (Å²) in [7, 11) is 0. The van der Waals surface area contributed by atoms with E-state index < -0.39 is 0 Å². The lowest BCUT2D eigenvalue weighted by molar-refractivity contribution is 0.478. The molecule has 2 aromatic carbocycles. The third-order valence-corrected chi connectivity index (χ3v) is 3.81. The quantitative estimate of drug-likeness (QED) is 0.819. The van der Waals surface area contributed by atoms with Gasteiger partial charge in [-0.3, -0.25) is 0 Å². The Morgan fingerprint density at radius 3 is 2.58 bits per heavy atom. The third-order valence-electron chi connectivity index (χ3n) is 2.92. The minimum atomic E-state index is 0.181. The van der Waals surface area contributed by atoms with E-state index in [4.69, 9.17) is 10.5 Å². The molecule has 100 valence electrons. The Labute approximate surface area is 128 Å². The van der Waals surface area contributed by atoms with E-state index in [9.17, 15) is 0 Å². The fourth-order valence-corrected chi connectivity index (χ4v) is 2.46. The number of para-hydroxylation sites is 1. The first kappa shape index (κ1) is 14.3. The molecule has 0 fully saturated rings. The fourth-order valence-electron chi connectivity index (χ4n) is 1.96. The molecular formula is C16H18INO. The molecule has 0 aliphatic heterocycles. The molecule has 0 aromatic heterocycles. The molecule has 3 heteroatoms. The molecule has 0 heterocycles. The van der Waals surface area contributed by atoms with Crippen molar-refractivity contribution in [2.75, 3.05) is 0 Å². The molecule has 1 unspecified atom stereocenters. The normalized spacial score (nSPS) is 12.2. The number of aryl methyl sites for hydroxylation is 1. The first-order valence-electron chi connectivity index (χ1n) is 6.34. The summed E-state index contributed by atoms with van der Waals surface area (Å²) in [4.78, 5) is 0. The van der Waals surface area contributed by atoms with Crippen LogP contribution in [0.2, 0.25) is 0 Å². The number of ether oxygens (including phenoxy) is 1. The Bertz CT molecular complexity index is 566. The summed E-state index contributed by atoms with van der Waals surface area (Å²) in [6, 6.07) is 14.4. The van der Waals surface area contributed by atoms with E-state index in [1.807, 2.05) is 37.3 Å². The first-order valence-corrected chi connectivity index (χ1v) is 7.41. The molecule has 0 saturated heterocycles. The lowest BCUT2D eigenvalue weighted by atomic mass is 10.0. The summed E-state index contributed by atoms with van der Waals surface area (Å²) < 4.78 is 7.02. The van der Waals surface area contributed by atoms with Gasteiger partial charge in [-0.1, -0.05) is 18.2 Å². The van der Waals surface area contributed by atoms with Crippen molar-refractivity contribution in [1.29, 1.82) is 0 Å². The van der Waals surface area contributed by atoms with Gasteiger partial charge in [0, 0.05) is 6.04 Å². The average molecular weight is 367 g/mol. The molecule has 2 rings (SSSR count). The fraction of sp³-hybridized carbons (Fsp3) is 0.250. The van der Waals surface area contributed by atoms with Gasteiger partial charge in [0.25, 0.3) is 0 Å². The molecular weight excluding hydrogens is 349 g/mol. The zero-order valence-corrected chi connectivity index (χ0v) is 13.3. The van der Waals surface area contributed by atoms with Gasteiger partial charge in [0.15, 0.2) is 0 Å². The number of halogens is 1. The molecule has 0 bridgehead atoms.